The van der Waals surface area contributed by atoms with Crippen LogP contribution >= 0.6 is 0 Å². The standard InChI is InChI=1S/C27H41F3N6O2/c1-18-5-4-9-34(13-18)14-19-11-23(27(28,29)30)24-16-35(26(37)36(24)15-19)21-7-3-6-20(12-21)22(8-10-38-2)25-31-17-32-33-25/h11,15-16,18,20-22,25,31-33H,3-10,12-14,17H2,1-2H3/t18-,20?,21?,22+,25?/m0/s1. The molecule has 2 aliphatic heterocycles. The topological polar surface area (TPSA) is 75.0 Å². The van der Waals surface area contributed by atoms with E-state index in [-0.39, 0.29) is 29.3 Å². The predicted octanol–water partition coefficient (Wildman–Crippen LogP) is 3.72. The van der Waals surface area contributed by atoms with Crippen LogP contribution < -0.4 is 21.9 Å². The summed E-state index contributed by atoms with van der Waals surface area (Å²) in [5.41, 5.74) is 5.79. The number of aromatic nitrogens is 2. The zero-order valence-electron chi connectivity index (χ0n) is 22.4. The summed E-state index contributed by atoms with van der Waals surface area (Å²) in [5.74, 6) is 1.13. The zero-order valence-corrected chi connectivity index (χ0v) is 22.4. The molecule has 3 aliphatic rings. The van der Waals surface area contributed by atoms with E-state index in [0.717, 1.165) is 58.0 Å². The van der Waals surface area contributed by atoms with E-state index in [1.54, 1.807) is 17.9 Å². The Balaban J connectivity index is 1.44. The molecule has 8 nitrogen and oxygen atoms in total. The highest BCUT2D eigenvalue weighted by Crippen LogP contribution is 2.40. The summed E-state index contributed by atoms with van der Waals surface area (Å²) in [6.45, 7) is 5.64. The average molecular weight is 539 g/mol. The molecule has 0 radical (unpaired) electrons. The number of methoxy groups -OCH3 is 1. The second-order valence-corrected chi connectivity index (χ2v) is 11.5. The molecule has 1 saturated carbocycles. The van der Waals surface area contributed by atoms with Crippen LogP contribution in [-0.2, 0) is 17.5 Å². The first-order chi connectivity index (χ1) is 18.2. The first-order valence-corrected chi connectivity index (χ1v) is 14.0. The van der Waals surface area contributed by atoms with Crippen molar-refractivity contribution in [3.8, 4) is 0 Å². The molecule has 3 N–H and O–H groups in total. The number of alkyl halides is 3. The van der Waals surface area contributed by atoms with Crippen molar-refractivity contribution < 1.29 is 17.9 Å². The van der Waals surface area contributed by atoms with Crippen molar-refractivity contribution in [2.75, 3.05) is 33.5 Å². The predicted molar refractivity (Wildman–Crippen MR) is 139 cm³/mol. The van der Waals surface area contributed by atoms with E-state index in [2.05, 4.69) is 28.0 Å². The van der Waals surface area contributed by atoms with Crippen LogP contribution in [-0.4, -0.2) is 53.5 Å². The Labute approximate surface area is 221 Å². The van der Waals surface area contributed by atoms with E-state index >= 15 is 0 Å². The number of rotatable bonds is 8. The van der Waals surface area contributed by atoms with Crippen molar-refractivity contribution in [3.05, 3.63) is 40.1 Å². The number of piperidine rings is 1. The molecule has 0 aromatic carbocycles. The molecule has 2 aromatic heterocycles. The molecule has 0 bridgehead atoms. The van der Waals surface area contributed by atoms with Gasteiger partial charge in [0, 0.05) is 45.2 Å². The summed E-state index contributed by atoms with van der Waals surface area (Å²) >= 11 is 0. The Morgan fingerprint density at radius 2 is 2.03 bits per heavy atom. The number of halogens is 3. The van der Waals surface area contributed by atoms with Gasteiger partial charge in [-0.1, -0.05) is 13.3 Å². The van der Waals surface area contributed by atoms with Crippen molar-refractivity contribution in [1.29, 1.82) is 0 Å². The number of imidazole rings is 1. The molecule has 3 fully saturated rings. The number of fused-ring (bicyclic) bond motifs is 1. The quantitative estimate of drug-likeness (QED) is 0.476. The summed E-state index contributed by atoms with van der Waals surface area (Å²) in [7, 11) is 1.69. The van der Waals surface area contributed by atoms with Gasteiger partial charge in [-0.2, -0.15) is 13.2 Å². The van der Waals surface area contributed by atoms with Gasteiger partial charge in [-0.3, -0.25) is 19.2 Å². The highest BCUT2D eigenvalue weighted by Gasteiger charge is 2.37. The van der Waals surface area contributed by atoms with Crippen LogP contribution in [0.5, 0.6) is 0 Å². The minimum absolute atomic E-state index is 0.0559. The van der Waals surface area contributed by atoms with Crippen molar-refractivity contribution in [2.45, 2.75) is 76.8 Å². The molecule has 5 atom stereocenters. The maximum atomic E-state index is 14.2. The largest absolute Gasteiger partial charge is 0.418 e. The van der Waals surface area contributed by atoms with Crippen molar-refractivity contribution in [3.63, 3.8) is 0 Å². The molecule has 212 valence electrons. The maximum Gasteiger partial charge on any atom is 0.418 e. The number of likely N-dealkylation sites (tertiary alicyclic amines) is 1. The molecular weight excluding hydrogens is 497 g/mol. The van der Waals surface area contributed by atoms with Crippen molar-refractivity contribution in [1.82, 2.24) is 30.0 Å². The Morgan fingerprint density at radius 3 is 2.74 bits per heavy atom. The molecule has 0 amide bonds. The van der Waals surface area contributed by atoms with Crippen LogP contribution in [0.25, 0.3) is 5.52 Å². The molecule has 2 aromatic rings. The number of hydrogen-bond donors (Lipinski definition) is 3. The van der Waals surface area contributed by atoms with Gasteiger partial charge >= 0.3 is 11.9 Å². The molecule has 3 unspecified atom stereocenters. The highest BCUT2D eigenvalue weighted by molar-refractivity contribution is 5.56. The second kappa shape index (κ2) is 11.7. The lowest BCUT2D eigenvalue weighted by Gasteiger charge is -2.37. The normalized spacial score (nSPS) is 28.2. The van der Waals surface area contributed by atoms with Gasteiger partial charge in [0.15, 0.2) is 0 Å². The lowest BCUT2D eigenvalue weighted by Crippen LogP contribution is -2.45. The van der Waals surface area contributed by atoms with Gasteiger partial charge in [-0.15, -0.1) is 0 Å². The SMILES string of the molecule is COCC[C@H](C1CCCC(n2cc3c(C(F)(F)F)cc(CN4CCC[C@H](C)C4)cn3c2=O)C1)C1NCNN1. The van der Waals surface area contributed by atoms with E-state index in [9.17, 15) is 18.0 Å². The fourth-order valence-electron chi connectivity index (χ4n) is 6.93. The van der Waals surface area contributed by atoms with E-state index in [1.165, 1.54) is 16.7 Å². The number of hydrazine groups is 1. The first-order valence-electron chi connectivity index (χ1n) is 14.0. The Hall–Kier alpha value is -1.92. The third kappa shape index (κ3) is 5.96. The molecule has 5 rings (SSSR count). The Kier molecular flexibility index (Phi) is 8.49. The fourth-order valence-corrected chi connectivity index (χ4v) is 6.93. The van der Waals surface area contributed by atoms with Crippen LogP contribution in [0.15, 0.2) is 23.3 Å². The number of ether oxygens (including phenoxy) is 1. The van der Waals surface area contributed by atoms with Gasteiger partial charge in [-0.05, 0) is 74.5 Å². The number of nitrogens with one attached hydrogen (secondary N) is 3. The lowest BCUT2D eigenvalue weighted by atomic mass is 9.75. The van der Waals surface area contributed by atoms with Gasteiger partial charge < -0.3 is 4.74 Å². The third-order valence-corrected chi connectivity index (χ3v) is 8.74. The third-order valence-electron chi connectivity index (χ3n) is 8.74. The highest BCUT2D eigenvalue weighted by atomic mass is 19.4. The molecule has 11 heteroatoms. The minimum atomic E-state index is -4.54. The fraction of sp³-hybridized carbons (Fsp3) is 0.741. The van der Waals surface area contributed by atoms with E-state index in [1.807, 2.05) is 0 Å². The first kappa shape index (κ1) is 27.6. The molecule has 2 saturated heterocycles. The Morgan fingerprint density at radius 1 is 1.18 bits per heavy atom. The lowest BCUT2D eigenvalue weighted by molar-refractivity contribution is -0.136. The van der Waals surface area contributed by atoms with Gasteiger partial charge in [0.1, 0.15) is 0 Å². The van der Waals surface area contributed by atoms with Gasteiger partial charge in [-0.25, -0.2) is 15.6 Å². The second-order valence-electron chi connectivity index (χ2n) is 11.5. The smallest absolute Gasteiger partial charge is 0.385 e. The van der Waals surface area contributed by atoms with Crippen molar-refractivity contribution >= 4 is 5.52 Å². The van der Waals surface area contributed by atoms with Crippen LogP contribution in [0.4, 0.5) is 13.2 Å². The Bertz CT molecular complexity index is 1140. The van der Waals surface area contributed by atoms with Crippen LogP contribution in [0.3, 0.4) is 0 Å². The summed E-state index contributed by atoms with van der Waals surface area (Å²) < 4.78 is 50.8. The summed E-state index contributed by atoms with van der Waals surface area (Å²) in [6.07, 6.45) is 5.18. The molecule has 4 heterocycles. The van der Waals surface area contributed by atoms with Crippen molar-refractivity contribution in [2.24, 2.45) is 17.8 Å². The van der Waals surface area contributed by atoms with Crippen LogP contribution in [0.1, 0.15) is 69.0 Å². The maximum absolute atomic E-state index is 14.2. The van der Waals surface area contributed by atoms with E-state index in [4.69, 9.17) is 4.74 Å². The molecule has 1 aliphatic carbocycles. The van der Waals surface area contributed by atoms with Crippen LogP contribution in [0.2, 0.25) is 0 Å². The molecular formula is C27H41F3N6O2. The van der Waals surface area contributed by atoms with E-state index in [0.29, 0.717) is 37.2 Å². The van der Waals surface area contributed by atoms with Gasteiger partial charge in [0.2, 0.25) is 0 Å². The number of hydrogen-bond acceptors (Lipinski definition) is 6. The van der Waals surface area contributed by atoms with Crippen LogP contribution in [0, 0.1) is 17.8 Å². The van der Waals surface area contributed by atoms with Gasteiger partial charge in [0.05, 0.1) is 23.9 Å². The number of pyridine rings is 1. The molecule has 38 heavy (non-hydrogen) atoms. The van der Waals surface area contributed by atoms with E-state index < -0.39 is 11.7 Å². The minimum Gasteiger partial charge on any atom is -0.385 e. The number of nitrogens with zero attached hydrogens (tertiary/aromatic N) is 3. The summed E-state index contributed by atoms with van der Waals surface area (Å²) in [4.78, 5) is 15.8. The van der Waals surface area contributed by atoms with Gasteiger partial charge in [0.25, 0.3) is 0 Å². The summed E-state index contributed by atoms with van der Waals surface area (Å²) in [6, 6.07) is 1.11. The molecule has 0 spiro atoms. The average Bonchev–Trinajstić information content (AvgIpc) is 3.52. The monoisotopic (exact) mass is 538 g/mol. The zero-order chi connectivity index (χ0) is 26.9. The summed E-state index contributed by atoms with van der Waals surface area (Å²) in [5, 5.41) is 3.44.